The molecule has 130 valence electrons. The maximum Gasteiger partial charge on any atom is 0.232 e. The monoisotopic (exact) mass is 367 g/mol. The summed E-state index contributed by atoms with van der Waals surface area (Å²) in [5, 5.41) is 3.04. The Balaban J connectivity index is 1.80. The highest BCUT2D eigenvalue weighted by atomic mass is 32.2. The largest absolute Gasteiger partial charge is 0.378 e. The summed E-state index contributed by atoms with van der Waals surface area (Å²) in [6, 6.07) is 7.49. The van der Waals surface area contributed by atoms with Crippen LogP contribution in [0.3, 0.4) is 0 Å². The van der Waals surface area contributed by atoms with Gasteiger partial charge >= 0.3 is 0 Å². The van der Waals surface area contributed by atoms with Gasteiger partial charge in [0.25, 0.3) is 0 Å². The van der Waals surface area contributed by atoms with Gasteiger partial charge in [0.05, 0.1) is 30.9 Å². The van der Waals surface area contributed by atoms with Crippen LogP contribution in [0.4, 0.5) is 10.8 Å². The van der Waals surface area contributed by atoms with Gasteiger partial charge in [0.15, 0.2) is 5.13 Å². The van der Waals surface area contributed by atoms with E-state index in [0.29, 0.717) is 12.2 Å². The molecule has 1 aromatic carbocycles. The van der Waals surface area contributed by atoms with Crippen LogP contribution in [0.15, 0.2) is 29.6 Å². The molecule has 0 aliphatic carbocycles. The van der Waals surface area contributed by atoms with Crippen LogP contribution >= 0.6 is 11.3 Å². The highest BCUT2D eigenvalue weighted by Crippen LogP contribution is 2.29. The van der Waals surface area contributed by atoms with Gasteiger partial charge < -0.3 is 9.64 Å². The van der Waals surface area contributed by atoms with E-state index >= 15 is 0 Å². The van der Waals surface area contributed by atoms with Gasteiger partial charge in [0.1, 0.15) is 0 Å². The third kappa shape index (κ3) is 3.71. The summed E-state index contributed by atoms with van der Waals surface area (Å²) < 4.78 is 30.3. The number of rotatable bonds is 5. The van der Waals surface area contributed by atoms with Gasteiger partial charge in [0, 0.05) is 30.6 Å². The molecule has 0 N–H and O–H groups in total. The Bertz CT molecular complexity index is 781. The van der Waals surface area contributed by atoms with E-state index in [0.717, 1.165) is 42.7 Å². The second-order valence-corrected chi connectivity index (χ2v) is 8.33. The number of aromatic nitrogens is 1. The molecule has 24 heavy (non-hydrogen) atoms. The molecular weight excluding hydrogens is 346 g/mol. The Morgan fingerprint density at radius 1 is 1.25 bits per heavy atom. The van der Waals surface area contributed by atoms with E-state index in [1.807, 2.05) is 36.6 Å². The molecular formula is C16H21N3O3S2. The predicted molar refractivity (Wildman–Crippen MR) is 98.4 cm³/mol. The molecule has 0 spiro atoms. The molecule has 8 heteroatoms. The fourth-order valence-electron chi connectivity index (χ4n) is 2.70. The number of ether oxygens (including phenoxy) is 1. The molecule has 0 bridgehead atoms. The molecule has 1 saturated heterocycles. The first-order chi connectivity index (χ1) is 11.5. The van der Waals surface area contributed by atoms with E-state index in [9.17, 15) is 8.42 Å². The smallest absolute Gasteiger partial charge is 0.232 e. The lowest BCUT2D eigenvalue weighted by Crippen LogP contribution is -2.36. The summed E-state index contributed by atoms with van der Waals surface area (Å²) in [6.45, 7) is 5.45. The van der Waals surface area contributed by atoms with Crippen LogP contribution in [0.2, 0.25) is 0 Å². The summed E-state index contributed by atoms with van der Waals surface area (Å²) in [7, 11) is -3.25. The second kappa shape index (κ2) is 7.08. The zero-order chi connectivity index (χ0) is 17.2. The molecule has 1 aliphatic heterocycles. The van der Waals surface area contributed by atoms with E-state index in [1.54, 1.807) is 11.3 Å². The molecule has 1 fully saturated rings. The fourth-order valence-corrected chi connectivity index (χ4v) is 4.57. The van der Waals surface area contributed by atoms with Crippen molar-refractivity contribution in [2.24, 2.45) is 0 Å². The van der Waals surface area contributed by atoms with Crippen molar-refractivity contribution in [2.75, 3.05) is 48.3 Å². The molecule has 1 aromatic heterocycles. The molecule has 0 radical (unpaired) electrons. The minimum Gasteiger partial charge on any atom is -0.378 e. The minimum atomic E-state index is -3.25. The van der Waals surface area contributed by atoms with E-state index in [1.165, 1.54) is 10.6 Å². The van der Waals surface area contributed by atoms with Crippen LogP contribution in [0.1, 0.15) is 6.92 Å². The van der Waals surface area contributed by atoms with Crippen LogP contribution in [-0.2, 0) is 14.8 Å². The lowest BCUT2D eigenvalue weighted by Gasteiger charge is -2.26. The van der Waals surface area contributed by atoms with Crippen molar-refractivity contribution < 1.29 is 13.2 Å². The van der Waals surface area contributed by atoms with Gasteiger partial charge in [-0.3, -0.25) is 4.31 Å². The van der Waals surface area contributed by atoms with E-state index < -0.39 is 10.0 Å². The van der Waals surface area contributed by atoms with Crippen molar-refractivity contribution in [1.82, 2.24) is 4.98 Å². The van der Waals surface area contributed by atoms with Gasteiger partial charge in [0.2, 0.25) is 10.0 Å². The first-order valence-corrected chi connectivity index (χ1v) is 10.6. The summed E-state index contributed by atoms with van der Waals surface area (Å²) in [6.07, 6.45) is 1.22. The quantitative estimate of drug-likeness (QED) is 0.812. The Morgan fingerprint density at radius 3 is 2.50 bits per heavy atom. The number of hydrogen-bond donors (Lipinski definition) is 0. The van der Waals surface area contributed by atoms with Crippen molar-refractivity contribution >= 4 is 32.2 Å². The minimum absolute atomic E-state index is 0.413. The summed E-state index contributed by atoms with van der Waals surface area (Å²) in [4.78, 5) is 6.94. The summed E-state index contributed by atoms with van der Waals surface area (Å²) in [5.74, 6) is 0. The zero-order valence-electron chi connectivity index (χ0n) is 13.8. The molecule has 2 heterocycles. The van der Waals surface area contributed by atoms with Gasteiger partial charge in [-0.25, -0.2) is 13.4 Å². The van der Waals surface area contributed by atoms with Crippen molar-refractivity contribution in [2.45, 2.75) is 6.92 Å². The molecule has 0 unspecified atom stereocenters. The molecule has 1 aliphatic rings. The molecule has 3 rings (SSSR count). The Labute approximate surface area is 146 Å². The van der Waals surface area contributed by atoms with Crippen molar-refractivity contribution in [1.29, 1.82) is 0 Å². The normalized spacial score (nSPS) is 15.5. The van der Waals surface area contributed by atoms with Crippen LogP contribution < -0.4 is 9.21 Å². The second-order valence-electron chi connectivity index (χ2n) is 5.59. The van der Waals surface area contributed by atoms with Crippen LogP contribution in [-0.4, -0.2) is 52.5 Å². The number of sulfonamides is 1. The average Bonchev–Trinajstić information content (AvgIpc) is 3.06. The fraction of sp³-hybridized carbons (Fsp3) is 0.438. The Hall–Kier alpha value is -1.64. The van der Waals surface area contributed by atoms with Crippen molar-refractivity contribution in [3.05, 3.63) is 29.6 Å². The molecule has 0 amide bonds. The number of anilines is 2. The van der Waals surface area contributed by atoms with Crippen LogP contribution in [0, 0.1) is 0 Å². The lowest BCUT2D eigenvalue weighted by atomic mass is 10.1. The number of nitrogens with zero attached hydrogens (tertiary/aromatic N) is 3. The summed E-state index contributed by atoms with van der Waals surface area (Å²) in [5.41, 5.74) is 2.57. The van der Waals surface area contributed by atoms with E-state index in [4.69, 9.17) is 9.72 Å². The van der Waals surface area contributed by atoms with Gasteiger partial charge in [-0.2, -0.15) is 0 Å². The Morgan fingerprint density at radius 2 is 1.92 bits per heavy atom. The van der Waals surface area contributed by atoms with Crippen molar-refractivity contribution in [3.63, 3.8) is 0 Å². The third-order valence-electron chi connectivity index (χ3n) is 3.91. The first kappa shape index (κ1) is 17.2. The highest BCUT2D eigenvalue weighted by molar-refractivity contribution is 7.92. The maximum atomic E-state index is 11.8. The number of hydrogen-bond acceptors (Lipinski definition) is 6. The Kier molecular flexibility index (Phi) is 5.07. The van der Waals surface area contributed by atoms with Gasteiger partial charge in [-0.05, 0) is 19.1 Å². The maximum absolute atomic E-state index is 11.8. The van der Waals surface area contributed by atoms with Crippen molar-refractivity contribution in [3.8, 4) is 11.3 Å². The third-order valence-corrected chi connectivity index (χ3v) is 6.08. The molecule has 0 atom stereocenters. The van der Waals surface area contributed by atoms with E-state index in [-0.39, 0.29) is 0 Å². The average molecular weight is 367 g/mol. The zero-order valence-corrected chi connectivity index (χ0v) is 15.4. The topological polar surface area (TPSA) is 62.7 Å². The van der Waals surface area contributed by atoms with Crippen LogP contribution in [0.5, 0.6) is 0 Å². The standard InChI is InChI=1S/C16H21N3O3S2/c1-3-19(24(2,20)21)14-6-4-13(5-7-14)15-12-23-16(17-15)18-8-10-22-11-9-18/h4-7,12H,3,8-11H2,1-2H3. The van der Waals surface area contributed by atoms with Gasteiger partial charge in [-0.1, -0.05) is 12.1 Å². The number of thiazole rings is 1. The number of benzene rings is 1. The van der Waals surface area contributed by atoms with Crippen LogP contribution in [0.25, 0.3) is 11.3 Å². The number of morpholine rings is 1. The SMILES string of the molecule is CCN(c1ccc(-c2csc(N3CCOCC3)n2)cc1)S(C)(=O)=O. The lowest BCUT2D eigenvalue weighted by molar-refractivity contribution is 0.122. The molecule has 6 nitrogen and oxygen atoms in total. The molecule has 0 saturated carbocycles. The summed E-state index contributed by atoms with van der Waals surface area (Å²) >= 11 is 1.62. The van der Waals surface area contributed by atoms with E-state index in [2.05, 4.69) is 4.90 Å². The predicted octanol–water partition coefficient (Wildman–Crippen LogP) is 2.43. The molecule has 2 aromatic rings. The first-order valence-electron chi connectivity index (χ1n) is 7.85. The van der Waals surface area contributed by atoms with Gasteiger partial charge in [-0.15, -0.1) is 11.3 Å². The highest BCUT2D eigenvalue weighted by Gasteiger charge is 2.17.